The highest BCUT2D eigenvalue weighted by Crippen LogP contribution is 2.22. The first-order valence-corrected chi connectivity index (χ1v) is 9.33. The van der Waals surface area contributed by atoms with Gasteiger partial charge in [0.25, 0.3) is 5.91 Å². The summed E-state index contributed by atoms with van der Waals surface area (Å²) in [7, 11) is 0. The van der Waals surface area contributed by atoms with Crippen molar-refractivity contribution in [3.8, 4) is 17.1 Å². The van der Waals surface area contributed by atoms with E-state index in [0.717, 1.165) is 12.0 Å². The van der Waals surface area contributed by atoms with Crippen molar-refractivity contribution in [1.82, 2.24) is 14.8 Å². The monoisotopic (exact) mass is 386 g/mol. The molecule has 29 heavy (non-hydrogen) atoms. The number of benzene rings is 3. The van der Waals surface area contributed by atoms with Crippen molar-refractivity contribution >= 4 is 11.6 Å². The van der Waals surface area contributed by atoms with Crippen LogP contribution in [-0.4, -0.2) is 20.7 Å². The number of aromatic nitrogens is 3. The summed E-state index contributed by atoms with van der Waals surface area (Å²) in [6.45, 7) is 2.07. The van der Waals surface area contributed by atoms with E-state index in [4.69, 9.17) is 0 Å². The van der Waals surface area contributed by atoms with Gasteiger partial charge in [-0.05, 0) is 48.4 Å². The lowest BCUT2D eigenvalue weighted by Crippen LogP contribution is -2.14. The molecule has 0 aliphatic heterocycles. The van der Waals surface area contributed by atoms with Crippen LogP contribution in [0.2, 0.25) is 0 Å². The van der Waals surface area contributed by atoms with Crippen LogP contribution in [0.4, 0.5) is 10.1 Å². The zero-order valence-electron chi connectivity index (χ0n) is 15.8. The second-order valence-electron chi connectivity index (χ2n) is 6.52. The van der Waals surface area contributed by atoms with Crippen LogP contribution < -0.4 is 5.32 Å². The molecule has 5 nitrogen and oxygen atoms in total. The summed E-state index contributed by atoms with van der Waals surface area (Å²) in [5.41, 5.74) is 3.28. The first-order chi connectivity index (χ1) is 14.1. The Bertz CT molecular complexity index is 1120. The van der Waals surface area contributed by atoms with Crippen LogP contribution in [0.3, 0.4) is 0 Å². The van der Waals surface area contributed by atoms with Gasteiger partial charge in [-0.3, -0.25) is 4.79 Å². The molecule has 3 aromatic carbocycles. The van der Waals surface area contributed by atoms with Crippen LogP contribution in [0.5, 0.6) is 0 Å². The van der Waals surface area contributed by atoms with Gasteiger partial charge in [0.15, 0.2) is 5.82 Å². The number of rotatable bonds is 5. The molecular formula is C23H19FN4O. The van der Waals surface area contributed by atoms with E-state index in [1.54, 1.807) is 16.8 Å². The third kappa shape index (κ3) is 4.06. The number of halogens is 1. The van der Waals surface area contributed by atoms with Gasteiger partial charge in [-0.2, -0.15) is 0 Å². The van der Waals surface area contributed by atoms with Crippen LogP contribution in [0.15, 0.2) is 78.9 Å². The summed E-state index contributed by atoms with van der Waals surface area (Å²) < 4.78 is 14.9. The lowest BCUT2D eigenvalue weighted by molar-refractivity contribution is 0.101. The van der Waals surface area contributed by atoms with E-state index in [1.807, 2.05) is 54.6 Å². The minimum absolute atomic E-state index is 0.0350. The van der Waals surface area contributed by atoms with Crippen molar-refractivity contribution in [2.45, 2.75) is 13.3 Å². The fourth-order valence-corrected chi connectivity index (χ4v) is 2.96. The Balaban J connectivity index is 1.70. The Morgan fingerprint density at radius 3 is 2.31 bits per heavy atom. The van der Waals surface area contributed by atoms with E-state index in [0.29, 0.717) is 17.2 Å². The smallest absolute Gasteiger partial charge is 0.295 e. The Hall–Kier alpha value is -3.80. The number of carbonyl (C=O) groups excluding carboxylic acids is 1. The summed E-state index contributed by atoms with van der Waals surface area (Å²) in [6.07, 6.45) is 0.929. The molecule has 0 atom stereocenters. The molecule has 4 rings (SSSR count). The highest BCUT2D eigenvalue weighted by molar-refractivity contribution is 6.01. The van der Waals surface area contributed by atoms with Gasteiger partial charge >= 0.3 is 0 Å². The van der Waals surface area contributed by atoms with Gasteiger partial charge in [-0.1, -0.05) is 49.4 Å². The molecule has 144 valence electrons. The van der Waals surface area contributed by atoms with Gasteiger partial charge in [0.2, 0.25) is 5.82 Å². The number of carbonyl (C=O) groups is 1. The van der Waals surface area contributed by atoms with E-state index < -0.39 is 5.91 Å². The highest BCUT2D eigenvalue weighted by Gasteiger charge is 2.19. The van der Waals surface area contributed by atoms with Crippen LogP contribution in [0, 0.1) is 5.82 Å². The highest BCUT2D eigenvalue weighted by atomic mass is 19.1. The molecule has 0 spiro atoms. The molecule has 0 aliphatic rings. The number of hydrogen-bond acceptors (Lipinski definition) is 3. The average molecular weight is 386 g/mol. The maximum atomic E-state index is 13.3. The Labute approximate surface area is 167 Å². The molecule has 1 N–H and O–H groups in total. The minimum atomic E-state index is -0.410. The summed E-state index contributed by atoms with van der Waals surface area (Å²) in [5.74, 6) is -0.215. The molecule has 1 aromatic heterocycles. The van der Waals surface area contributed by atoms with Crippen LogP contribution in [-0.2, 0) is 6.42 Å². The molecule has 1 amide bonds. The molecule has 0 saturated heterocycles. The van der Waals surface area contributed by atoms with Crippen LogP contribution in [0.25, 0.3) is 17.1 Å². The number of aryl methyl sites for hydroxylation is 1. The zero-order chi connectivity index (χ0) is 20.2. The van der Waals surface area contributed by atoms with Gasteiger partial charge < -0.3 is 5.32 Å². The maximum Gasteiger partial charge on any atom is 0.295 e. The first kappa shape index (κ1) is 18.6. The predicted molar refractivity (Wildman–Crippen MR) is 111 cm³/mol. The lowest BCUT2D eigenvalue weighted by Gasteiger charge is -2.05. The maximum absolute atomic E-state index is 13.3. The van der Waals surface area contributed by atoms with Crippen molar-refractivity contribution in [3.05, 3.63) is 96.1 Å². The summed E-state index contributed by atoms with van der Waals surface area (Å²) >= 11 is 0. The van der Waals surface area contributed by atoms with Crippen LogP contribution in [0.1, 0.15) is 23.1 Å². The van der Waals surface area contributed by atoms with E-state index in [9.17, 15) is 9.18 Å². The Morgan fingerprint density at radius 1 is 0.966 bits per heavy atom. The van der Waals surface area contributed by atoms with Crippen molar-refractivity contribution in [2.75, 3.05) is 5.32 Å². The quantitative estimate of drug-likeness (QED) is 0.531. The van der Waals surface area contributed by atoms with Crippen molar-refractivity contribution in [2.24, 2.45) is 0 Å². The molecule has 0 unspecified atom stereocenters. The number of nitrogens with zero attached hydrogens (tertiary/aromatic N) is 3. The fraction of sp³-hybridized carbons (Fsp3) is 0.0870. The summed E-state index contributed by atoms with van der Waals surface area (Å²) in [6, 6.07) is 23.0. The SMILES string of the molecule is CCc1ccc(NC(=O)c2nc(-c3ccccc3)n(-c3ccc(F)cc3)n2)cc1. The molecule has 1 heterocycles. The molecule has 0 aliphatic carbocycles. The molecular weight excluding hydrogens is 367 g/mol. The van der Waals surface area contributed by atoms with Crippen molar-refractivity contribution in [3.63, 3.8) is 0 Å². The van der Waals surface area contributed by atoms with Crippen LogP contribution >= 0.6 is 0 Å². The number of amides is 1. The molecule has 4 aromatic rings. The average Bonchev–Trinajstić information content (AvgIpc) is 3.21. The van der Waals surface area contributed by atoms with E-state index in [2.05, 4.69) is 22.3 Å². The topological polar surface area (TPSA) is 59.8 Å². The Morgan fingerprint density at radius 2 is 1.66 bits per heavy atom. The number of nitrogens with one attached hydrogen (secondary N) is 1. The lowest BCUT2D eigenvalue weighted by atomic mass is 10.1. The van der Waals surface area contributed by atoms with E-state index in [1.165, 1.54) is 17.7 Å². The number of hydrogen-bond donors (Lipinski definition) is 1. The van der Waals surface area contributed by atoms with Crippen molar-refractivity contribution < 1.29 is 9.18 Å². The van der Waals surface area contributed by atoms with Gasteiger partial charge in [-0.25, -0.2) is 14.1 Å². The number of anilines is 1. The zero-order valence-corrected chi connectivity index (χ0v) is 15.8. The Kier molecular flexibility index (Phi) is 5.16. The van der Waals surface area contributed by atoms with Gasteiger partial charge in [0.05, 0.1) is 5.69 Å². The van der Waals surface area contributed by atoms with E-state index >= 15 is 0 Å². The normalized spacial score (nSPS) is 10.7. The standard InChI is InChI=1S/C23H19FN4O/c1-2-16-8-12-19(13-9-16)25-23(29)21-26-22(17-6-4-3-5-7-17)28(27-21)20-14-10-18(24)11-15-20/h3-15H,2H2,1H3,(H,25,29). The van der Waals surface area contributed by atoms with Gasteiger partial charge in [0.1, 0.15) is 5.82 Å². The largest absolute Gasteiger partial charge is 0.319 e. The van der Waals surface area contributed by atoms with Crippen molar-refractivity contribution in [1.29, 1.82) is 0 Å². The first-order valence-electron chi connectivity index (χ1n) is 9.33. The second kappa shape index (κ2) is 8.06. The van der Waals surface area contributed by atoms with Gasteiger partial charge in [0, 0.05) is 11.3 Å². The fourth-order valence-electron chi connectivity index (χ4n) is 2.96. The predicted octanol–water partition coefficient (Wildman–Crippen LogP) is 4.89. The van der Waals surface area contributed by atoms with Gasteiger partial charge in [-0.15, -0.1) is 5.10 Å². The third-order valence-electron chi connectivity index (χ3n) is 4.53. The molecule has 0 fully saturated rings. The minimum Gasteiger partial charge on any atom is -0.319 e. The summed E-state index contributed by atoms with van der Waals surface area (Å²) in [5, 5.41) is 7.21. The molecule has 6 heteroatoms. The van der Waals surface area contributed by atoms with E-state index in [-0.39, 0.29) is 11.6 Å². The third-order valence-corrected chi connectivity index (χ3v) is 4.53. The second-order valence-corrected chi connectivity index (χ2v) is 6.52. The molecule has 0 saturated carbocycles. The molecule has 0 radical (unpaired) electrons. The molecule has 0 bridgehead atoms. The summed E-state index contributed by atoms with van der Waals surface area (Å²) in [4.78, 5) is 17.2.